The first-order valence-corrected chi connectivity index (χ1v) is 2.45. The van der Waals surface area contributed by atoms with Gasteiger partial charge in [0.25, 0.3) is 0 Å². The third-order valence-corrected chi connectivity index (χ3v) is 0. The molecule has 0 aromatic heterocycles. The predicted octanol–water partition coefficient (Wildman–Crippen LogP) is -1.58. The van der Waals surface area contributed by atoms with Gasteiger partial charge in [-0.25, -0.2) is 0 Å². The Morgan fingerprint density at radius 2 is 1.44 bits per heavy atom. The van der Waals surface area contributed by atoms with Crippen LogP contribution in [-0.4, -0.2) is 10.7 Å². The third-order valence-electron chi connectivity index (χ3n) is 0. The van der Waals surface area contributed by atoms with Crippen LogP contribution < -0.4 is 18.9 Å². The SMILES string of the molecule is CC#N.CC(C)(C)O.[H-].[Li+]. The maximum absolute atomic E-state index is 8.52. The van der Waals surface area contributed by atoms with Gasteiger partial charge in [-0.3, -0.25) is 0 Å². The summed E-state index contributed by atoms with van der Waals surface area (Å²) >= 11 is 0. The zero-order chi connectivity index (χ0) is 7.21. The number of nitrogens with zero attached hydrogens (tertiary/aromatic N) is 1. The smallest absolute Gasteiger partial charge is 1.00 e. The van der Waals surface area contributed by atoms with Crippen molar-refractivity contribution in [3.05, 3.63) is 0 Å². The van der Waals surface area contributed by atoms with E-state index < -0.39 is 5.60 Å². The molecule has 0 radical (unpaired) electrons. The van der Waals surface area contributed by atoms with Crippen LogP contribution in [0.3, 0.4) is 0 Å². The summed E-state index contributed by atoms with van der Waals surface area (Å²) in [4.78, 5) is 0. The second kappa shape index (κ2) is 8.05. The van der Waals surface area contributed by atoms with Crippen molar-refractivity contribution in [3.63, 3.8) is 0 Å². The second-order valence-corrected chi connectivity index (χ2v) is 2.39. The van der Waals surface area contributed by atoms with Crippen LogP contribution in [0.2, 0.25) is 0 Å². The molecule has 0 aliphatic heterocycles. The quantitative estimate of drug-likeness (QED) is 0.395. The molecule has 0 heterocycles. The molecule has 0 fully saturated rings. The minimum atomic E-state index is -0.500. The maximum Gasteiger partial charge on any atom is 1.00 e. The average Bonchev–Trinajstić information content (AvgIpc) is 1.27. The molecular formula is C6H14LiNO. The van der Waals surface area contributed by atoms with Gasteiger partial charge >= 0.3 is 18.9 Å². The summed E-state index contributed by atoms with van der Waals surface area (Å²) in [7, 11) is 0. The van der Waals surface area contributed by atoms with Gasteiger partial charge in [0.15, 0.2) is 0 Å². The molecule has 0 saturated carbocycles. The van der Waals surface area contributed by atoms with E-state index in [1.165, 1.54) is 6.92 Å². The Kier molecular flexibility index (Phi) is 14.3. The zero-order valence-corrected chi connectivity index (χ0v) is 6.89. The molecule has 0 saturated heterocycles. The van der Waals surface area contributed by atoms with Gasteiger partial charge in [0.05, 0.1) is 11.7 Å². The zero-order valence-electron chi connectivity index (χ0n) is 7.89. The maximum atomic E-state index is 8.52. The Morgan fingerprint density at radius 1 is 1.44 bits per heavy atom. The van der Waals surface area contributed by atoms with E-state index in [9.17, 15) is 0 Å². The van der Waals surface area contributed by atoms with Crippen molar-refractivity contribution >= 4 is 0 Å². The van der Waals surface area contributed by atoms with E-state index in [0.29, 0.717) is 0 Å². The molecule has 1 N–H and O–H groups in total. The number of nitriles is 1. The average molecular weight is 123 g/mol. The van der Waals surface area contributed by atoms with E-state index in [1.54, 1.807) is 26.8 Å². The number of hydrogen-bond acceptors (Lipinski definition) is 2. The molecule has 3 heteroatoms. The first-order valence-electron chi connectivity index (χ1n) is 2.45. The number of rotatable bonds is 0. The summed E-state index contributed by atoms with van der Waals surface area (Å²) in [5.41, 5.74) is -0.500. The van der Waals surface area contributed by atoms with Gasteiger partial charge in [-0.1, -0.05) is 0 Å². The summed E-state index contributed by atoms with van der Waals surface area (Å²) in [6.45, 7) is 6.66. The molecule has 50 valence electrons. The summed E-state index contributed by atoms with van der Waals surface area (Å²) in [6, 6.07) is 1.75. The molecule has 9 heavy (non-hydrogen) atoms. The Bertz CT molecular complexity index is 78.7. The summed E-state index contributed by atoms with van der Waals surface area (Å²) in [5, 5.41) is 15.8. The van der Waals surface area contributed by atoms with E-state index in [0.717, 1.165) is 0 Å². The van der Waals surface area contributed by atoms with Crippen molar-refractivity contribution < 1.29 is 25.4 Å². The molecule has 2 nitrogen and oxygen atoms in total. The van der Waals surface area contributed by atoms with Crippen molar-refractivity contribution in [2.24, 2.45) is 0 Å². The molecule has 0 bridgehead atoms. The van der Waals surface area contributed by atoms with Crippen LogP contribution in [0.1, 0.15) is 29.1 Å². The van der Waals surface area contributed by atoms with Crippen LogP contribution >= 0.6 is 0 Å². The molecule has 0 aromatic rings. The fourth-order valence-corrected chi connectivity index (χ4v) is 0. The molecule has 0 spiro atoms. The molecule has 0 aliphatic carbocycles. The molecule has 0 unspecified atom stereocenters. The first kappa shape index (κ1) is 16.0. The molecule has 0 aromatic carbocycles. The van der Waals surface area contributed by atoms with Gasteiger partial charge in [-0.05, 0) is 20.8 Å². The van der Waals surface area contributed by atoms with Crippen LogP contribution in [0.4, 0.5) is 0 Å². The van der Waals surface area contributed by atoms with Crippen molar-refractivity contribution in [1.29, 1.82) is 5.26 Å². The molecule has 0 aliphatic rings. The number of hydrogen-bond donors (Lipinski definition) is 1. The Balaban J connectivity index is -0.0000000326. The summed E-state index contributed by atoms with van der Waals surface area (Å²) < 4.78 is 0. The molecule has 0 atom stereocenters. The van der Waals surface area contributed by atoms with Gasteiger partial charge in [0.2, 0.25) is 0 Å². The van der Waals surface area contributed by atoms with Crippen LogP contribution in [0.15, 0.2) is 0 Å². The topological polar surface area (TPSA) is 44.0 Å². The standard InChI is InChI=1S/C4H10O.C2H3N.Li.H/c1-4(2,3)5;1-2-3;;/h5H,1-3H3;1H3;;/q;;+1;-1. The van der Waals surface area contributed by atoms with Gasteiger partial charge in [0, 0.05) is 6.92 Å². The van der Waals surface area contributed by atoms with Crippen LogP contribution in [0.5, 0.6) is 0 Å². The first-order chi connectivity index (χ1) is 3.41. The van der Waals surface area contributed by atoms with E-state index in [4.69, 9.17) is 10.4 Å². The molecular weight excluding hydrogens is 109 g/mol. The van der Waals surface area contributed by atoms with Gasteiger partial charge in [-0.2, -0.15) is 5.26 Å². The van der Waals surface area contributed by atoms with Crippen molar-refractivity contribution in [1.82, 2.24) is 0 Å². The predicted molar refractivity (Wildman–Crippen MR) is 34.4 cm³/mol. The van der Waals surface area contributed by atoms with Crippen LogP contribution in [0.25, 0.3) is 0 Å². The Labute approximate surface area is 70.5 Å². The van der Waals surface area contributed by atoms with E-state index >= 15 is 0 Å². The number of aliphatic hydroxyl groups is 1. The minimum Gasteiger partial charge on any atom is -1.00 e. The van der Waals surface area contributed by atoms with Gasteiger partial charge in [-0.15, -0.1) is 0 Å². The second-order valence-electron chi connectivity index (χ2n) is 2.39. The fraction of sp³-hybridized carbons (Fsp3) is 0.833. The van der Waals surface area contributed by atoms with Crippen molar-refractivity contribution in [2.75, 3.05) is 0 Å². The van der Waals surface area contributed by atoms with E-state index in [1.807, 2.05) is 0 Å². The Hall–Kier alpha value is 0.0474. The fourth-order valence-electron chi connectivity index (χ4n) is 0. The minimum absolute atomic E-state index is 0. The third kappa shape index (κ3) is 131000. The van der Waals surface area contributed by atoms with Crippen molar-refractivity contribution in [2.45, 2.75) is 33.3 Å². The normalized spacial score (nSPS) is 7.56. The van der Waals surface area contributed by atoms with Gasteiger partial charge in [0.1, 0.15) is 0 Å². The van der Waals surface area contributed by atoms with E-state index in [-0.39, 0.29) is 20.3 Å². The van der Waals surface area contributed by atoms with Crippen LogP contribution in [-0.2, 0) is 0 Å². The van der Waals surface area contributed by atoms with E-state index in [2.05, 4.69) is 0 Å². The van der Waals surface area contributed by atoms with Crippen LogP contribution in [0, 0.1) is 11.3 Å². The Morgan fingerprint density at radius 3 is 1.44 bits per heavy atom. The summed E-state index contributed by atoms with van der Waals surface area (Å²) in [6.07, 6.45) is 0. The molecule has 0 rings (SSSR count). The van der Waals surface area contributed by atoms with Gasteiger partial charge < -0.3 is 6.53 Å². The van der Waals surface area contributed by atoms with Crippen molar-refractivity contribution in [3.8, 4) is 6.07 Å². The summed E-state index contributed by atoms with van der Waals surface area (Å²) in [5.74, 6) is 0. The molecule has 0 amide bonds. The monoisotopic (exact) mass is 123 g/mol. The largest absolute Gasteiger partial charge is 1.00 e.